The predicted octanol–water partition coefficient (Wildman–Crippen LogP) is 2.39. The maximum Gasteiger partial charge on any atom is 0.319 e. The van der Waals surface area contributed by atoms with Gasteiger partial charge in [-0.25, -0.2) is 4.79 Å². The topological polar surface area (TPSA) is 47.6 Å². The van der Waals surface area contributed by atoms with E-state index in [4.69, 9.17) is 0 Å². The number of nitrogens with one attached hydrogen (secondary N) is 2. The summed E-state index contributed by atoms with van der Waals surface area (Å²) in [6.45, 7) is 11.5. The number of urea groups is 1. The highest BCUT2D eigenvalue weighted by Gasteiger charge is 2.25. The number of benzene rings is 1. The van der Waals surface area contributed by atoms with Gasteiger partial charge in [-0.1, -0.05) is 26.0 Å². The van der Waals surface area contributed by atoms with Gasteiger partial charge in [0.2, 0.25) is 0 Å². The Morgan fingerprint density at radius 1 is 1.22 bits per heavy atom. The average molecular weight is 318 g/mol. The zero-order valence-electron chi connectivity index (χ0n) is 14.8. The van der Waals surface area contributed by atoms with Gasteiger partial charge in [-0.2, -0.15) is 0 Å². The first-order valence-electron chi connectivity index (χ1n) is 8.50. The number of carbonyl (C=O) groups excluding carboxylic acids is 1. The Kier molecular flexibility index (Phi) is 6.42. The highest BCUT2D eigenvalue weighted by atomic mass is 16.2. The second-order valence-electron chi connectivity index (χ2n) is 6.86. The molecule has 5 nitrogen and oxygen atoms in total. The second-order valence-corrected chi connectivity index (χ2v) is 6.86. The van der Waals surface area contributed by atoms with Gasteiger partial charge < -0.3 is 15.5 Å². The Morgan fingerprint density at radius 3 is 2.52 bits per heavy atom. The van der Waals surface area contributed by atoms with Crippen LogP contribution in [-0.4, -0.2) is 61.6 Å². The maximum atomic E-state index is 12.1. The second kappa shape index (κ2) is 8.31. The summed E-state index contributed by atoms with van der Waals surface area (Å²) in [6.07, 6.45) is 0. The molecule has 1 unspecified atom stereocenters. The molecule has 0 aliphatic carbocycles. The van der Waals surface area contributed by atoms with E-state index in [9.17, 15) is 4.79 Å². The molecule has 1 aliphatic heterocycles. The molecule has 1 aromatic carbocycles. The van der Waals surface area contributed by atoms with Crippen molar-refractivity contribution in [1.82, 2.24) is 15.1 Å². The summed E-state index contributed by atoms with van der Waals surface area (Å²) >= 11 is 0. The van der Waals surface area contributed by atoms with Crippen molar-refractivity contribution in [1.29, 1.82) is 0 Å². The van der Waals surface area contributed by atoms with Crippen LogP contribution >= 0.6 is 0 Å². The number of anilines is 1. The van der Waals surface area contributed by atoms with Gasteiger partial charge >= 0.3 is 6.03 Å². The summed E-state index contributed by atoms with van der Waals surface area (Å²) in [6, 6.07) is 8.10. The van der Waals surface area contributed by atoms with Crippen LogP contribution in [0.1, 0.15) is 19.4 Å². The van der Waals surface area contributed by atoms with Crippen LogP contribution < -0.4 is 10.6 Å². The third-order valence-electron chi connectivity index (χ3n) is 4.52. The molecule has 2 rings (SSSR count). The third-order valence-corrected chi connectivity index (χ3v) is 4.52. The Balaban J connectivity index is 1.84. The van der Waals surface area contributed by atoms with Gasteiger partial charge in [0.15, 0.2) is 0 Å². The molecule has 128 valence electrons. The van der Waals surface area contributed by atoms with Crippen molar-refractivity contribution in [2.45, 2.75) is 26.8 Å². The van der Waals surface area contributed by atoms with Crippen molar-refractivity contribution >= 4 is 11.7 Å². The summed E-state index contributed by atoms with van der Waals surface area (Å²) in [5.41, 5.74) is 1.98. The molecule has 0 saturated carbocycles. The molecule has 1 atom stereocenters. The first-order valence-corrected chi connectivity index (χ1v) is 8.50. The standard InChI is InChI=1S/C18H30N4O/c1-14(2)17(22-10-8-21(4)9-11-22)13-19-18(23)20-16-7-5-6-15(3)12-16/h5-7,12,14,17H,8-11,13H2,1-4H3,(H2,19,20,23). The monoisotopic (exact) mass is 318 g/mol. The van der Waals surface area contributed by atoms with Gasteiger partial charge in [-0.15, -0.1) is 0 Å². The van der Waals surface area contributed by atoms with Crippen LogP contribution in [0, 0.1) is 12.8 Å². The lowest BCUT2D eigenvalue weighted by Crippen LogP contribution is -2.54. The van der Waals surface area contributed by atoms with Crippen molar-refractivity contribution in [3.8, 4) is 0 Å². The molecule has 1 fully saturated rings. The molecule has 0 spiro atoms. The first kappa shape index (κ1) is 17.8. The van der Waals surface area contributed by atoms with Crippen molar-refractivity contribution in [3.05, 3.63) is 29.8 Å². The Bertz CT molecular complexity index is 509. The molecular weight excluding hydrogens is 288 g/mol. The normalized spacial score (nSPS) is 18.0. The van der Waals surface area contributed by atoms with E-state index >= 15 is 0 Å². The maximum absolute atomic E-state index is 12.1. The fourth-order valence-corrected chi connectivity index (χ4v) is 3.04. The summed E-state index contributed by atoms with van der Waals surface area (Å²) in [7, 11) is 2.16. The van der Waals surface area contributed by atoms with Crippen LogP contribution in [0.15, 0.2) is 24.3 Å². The summed E-state index contributed by atoms with van der Waals surface area (Å²) < 4.78 is 0. The molecule has 5 heteroatoms. The number of carbonyl (C=O) groups is 1. The number of likely N-dealkylation sites (N-methyl/N-ethyl adjacent to an activating group) is 1. The quantitative estimate of drug-likeness (QED) is 0.876. The van der Waals surface area contributed by atoms with E-state index in [0.29, 0.717) is 18.5 Å². The fourth-order valence-electron chi connectivity index (χ4n) is 3.04. The molecule has 0 radical (unpaired) electrons. The zero-order valence-corrected chi connectivity index (χ0v) is 14.8. The number of amides is 2. The van der Waals surface area contributed by atoms with Crippen molar-refractivity contribution in [2.24, 2.45) is 5.92 Å². The van der Waals surface area contributed by atoms with E-state index in [1.165, 1.54) is 0 Å². The highest BCUT2D eigenvalue weighted by molar-refractivity contribution is 5.89. The van der Waals surface area contributed by atoms with Gasteiger partial charge in [-0.05, 0) is 37.6 Å². The summed E-state index contributed by atoms with van der Waals surface area (Å²) in [5.74, 6) is 0.512. The van der Waals surface area contributed by atoms with E-state index < -0.39 is 0 Å². The van der Waals surface area contributed by atoms with E-state index in [0.717, 1.165) is 37.4 Å². The van der Waals surface area contributed by atoms with E-state index in [-0.39, 0.29) is 6.03 Å². The molecule has 1 aromatic rings. The van der Waals surface area contributed by atoms with Crippen molar-refractivity contribution in [2.75, 3.05) is 45.1 Å². The Labute approximate surface area is 140 Å². The minimum absolute atomic E-state index is 0.129. The molecule has 0 aromatic heterocycles. The van der Waals surface area contributed by atoms with Gasteiger partial charge in [0.1, 0.15) is 0 Å². The summed E-state index contributed by atoms with van der Waals surface area (Å²) in [4.78, 5) is 17.0. The van der Waals surface area contributed by atoms with E-state index in [2.05, 4.69) is 41.3 Å². The van der Waals surface area contributed by atoms with Crippen LogP contribution in [0.25, 0.3) is 0 Å². The molecular formula is C18H30N4O. The van der Waals surface area contributed by atoms with Crippen molar-refractivity contribution < 1.29 is 4.79 Å². The lowest BCUT2D eigenvalue weighted by Gasteiger charge is -2.39. The number of aryl methyl sites for hydroxylation is 1. The molecule has 1 saturated heterocycles. The third kappa shape index (κ3) is 5.52. The number of rotatable bonds is 5. The van der Waals surface area contributed by atoms with Crippen LogP contribution in [-0.2, 0) is 0 Å². The minimum atomic E-state index is -0.129. The summed E-state index contributed by atoms with van der Waals surface area (Å²) in [5, 5.41) is 5.95. The van der Waals surface area contributed by atoms with Gasteiger partial charge in [0, 0.05) is 44.5 Å². The smallest absolute Gasteiger partial charge is 0.319 e. The largest absolute Gasteiger partial charge is 0.336 e. The molecule has 2 amide bonds. The van der Waals surface area contributed by atoms with E-state index in [1.807, 2.05) is 31.2 Å². The number of hydrogen-bond donors (Lipinski definition) is 2. The molecule has 2 N–H and O–H groups in total. The van der Waals surface area contributed by atoms with Crippen LogP contribution in [0.5, 0.6) is 0 Å². The van der Waals surface area contributed by atoms with Crippen LogP contribution in [0.2, 0.25) is 0 Å². The van der Waals surface area contributed by atoms with Crippen LogP contribution in [0.4, 0.5) is 10.5 Å². The van der Waals surface area contributed by atoms with Crippen LogP contribution in [0.3, 0.4) is 0 Å². The lowest BCUT2D eigenvalue weighted by atomic mass is 10.0. The Morgan fingerprint density at radius 2 is 1.91 bits per heavy atom. The number of hydrogen-bond acceptors (Lipinski definition) is 3. The molecule has 0 bridgehead atoms. The van der Waals surface area contributed by atoms with Crippen molar-refractivity contribution in [3.63, 3.8) is 0 Å². The lowest BCUT2D eigenvalue weighted by molar-refractivity contribution is 0.0890. The molecule has 1 aliphatic rings. The number of piperazine rings is 1. The molecule has 23 heavy (non-hydrogen) atoms. The molecule has 1 heterocycles. The van der Waals surface area contributed by atoms with Gasteiger partial charge in [-0.3, -0.25) is 4.90 Å². The van der Waals surface area contributed by atoms with Gasteiger partial charge in [0.05, 0.1) is 0 Å². The highest BCUT2D eigenvalue weighted by Crippen LogP contribution is 2.13. The predicted molar refractivity (Wildman–Crippen MR) is 95.9 cm³/mol. The number of nitrogens with zero attached hydrogens (tertiary/aromatic N) is 2. The Hall–Kier alpha value is -1.59. The fraction of sp³-hybridized carbons (Fsp3) is 0.611. The average Bonchev–Trinajstić information content (AvgIpc) is 2.49. The minimum Gasteiger partial charge on any atom is -0.336 e. The first-order chi connectivity index (χ1) is 11.0. The van der Waals surface area contributed by atoms with E-state index in [1.54, 1.807) is 0 Å². The SMILES string of the molecule is Cc1cccc(NC(=O)NCC(C(C)C)N2CCN(C)CC2)c1. The zero-order chi connectivity index (χ0) is 16.8. The van der Waals surface area contributed by atoms with Gasteiger partial charge in [0.25, 0.3) is 0 Å².